The van der Waals surface area contributed by atoms with E-state index in [4.69, 9.17) is 11.6 Å². The molecule has 2 amide bonds. The summed E-state index contributed by atoms with van der Waals surface area (Å²) in [4.78, 5) is 30.0. The van der Waals surface area contributed by atoms with Crippen molar-refractivity contribution in [2.75, 3.05) is 31.1 Å². The third kappa shape index (κ3) is 4.44. The number of imide groups is 1. The Kier molecular flexibility index (Phi) is 6.27. The third-order valence-electron chi connectivity index (χ3n) is 6.91. The van der Waals surface area contributed by atoms with Gasteiger partial charge in [0.2, 0.25) is 5.91 Å². The SMILES string of the molecule is O=C1C[C@@H]([NH+]2CC[NH+](C(c3ccccc3)c3ccccc3)CC2)C(=O)N1c1cccc(Cl)c1. The van der Waals surface area contributed by atoms with Crippen molar-refractivity contribution in [2.24, 2.45) is 0 Å². The molecule has 2 fully saturated rings. The summed E-state index contributed by atoms with van der Waals surface area (Å²) < 4.78 is 0. The van der Waals surface area contributed by atoms with Gasteiger partial charge in [0.1, 0.15) is 32.2 Å². The summed E-state index contributed by atoms with van der Waals surface area (Å²) in [6.07, 6.45) is 0.261. The van der Waals surface area contributed by atoms with Gasteiger partial charge in [0.25, 0.3) is 5.91 Å². The molecule has 0 bridgehead atoms. The Bertz CT molecular complexity index is 1090. The van der Waals surface area contributed by atoms with Crippen LogP contribution in [0.2, 0.25) is 5.02 Å². The molecule has 0 saturated carbocycles. The summed E-state index contributed by atoms with van der Waals surface area (Å²) in [7, 11) is 0. The highest BCUT2D eigenvalue weighted by Crippen LogP contribution is 2.25. The first-order valence-corrected chi connectivity index (χ1v) is 11.9. The molecule has 2 aliphatic heterocycles. The number of hydrogen-bond donors (Lipinski definition) is 2. The maximum Gasteiger partial charge on any atom is 0.292 e. The highest BCUT2D eigenvalue weighted by Gasteiger charge is 2.47. The number of quaternary nitrogens is 2. The lowest BCUT2D eigenvalue weighted by Gasteiger charge is -2.36. The zero-order valence-corrected chi connectivity index (χ0v) is 19.2. The molecule has 2 aliphatic rings. The van der Waals surface area contributed by atoms with E-state index in [1.54, 1.807) is 24.3 Å². The van der Waals surface area contributed by atoms with Crippen LogP contribution in [0.15, 0.2) is 84.9 Å². The summed E-state index contributed by atoms with van der Waals surface area (Å²) in [5.74, 6) is -0.246. The standard InChI is InChI=1S/C27H26ClN3O2/c28-22-12-7-13-23(18-22)31-25(32)19-24(27(31)33)29-14-16-30(17-15-29)26(20-8-3-1-4-9-20)21-10-5-2-6-11-21/h1-13,18,24,26H,14-17,19H2/p+2/t24-/m1/s1. The van der Waals surface area contributed by atoms with E-state index >= 15 is 0 Å². The van der Waals surface area contributed by atoms with Crippen LogP contribution in [0.1, 0.15) is 23.6 Å². The van der Waals surface area contributed by atoms with Crippen LogP contribution in [-0.4, -0.2) is 44.0 Å². The molecule has 0 aliphatic carbocycles. The van der Waals surface area contributed by atoms with Gasteiger partial charge in [-0.2, -0.15) is 0 Å². The minimum atomic E-state index is -0.315. The van der Waals surface area contributed by atoms with Crippen molar-refractivity contribution < 1.29 is 19.4 Å². The molecular weight excluding hydrogens is 434 g/mol. The molecule has 0 aromatic heterocycles. The van der Waals surface area contributed by atoms with Crippen LogP contribution in [0.5, 0.6) is 0 Å². The zero-order valence-electron chi connectivity index (χ0n) is 18.4. The molecular formula is C27H28ClN3O2+2. The van der Waals surface area contributed by atoms with E-state index in [1.807, 2.05) is 0 Å². The summed E-state index contributed by atoms with van der Waals surface area (Å²) in [6.45, 7) is 3.61. The lowest BCUT2D eigenvalue weighted by atomic mass is 9.96. The van der Waals surface area contributed by atoms with Crippen molar-refractivity contribution in [3.8, 4) is 0 Å². The second-order valence-corrected chi connectivity index (χ2v) is 9.31. The summed E-state index contributed by atoms with van der Waals surface area (Å²) in [5, 5.41) is 0.522. The van der Waals surface area contributed by atoms with Gasteiger partial charge in [-0.05, 0) is 18.2 Å². The second-order valence-electron chi connectivity index (χ2n) is 8.87. The normalized spacial score (nSPS) is 23.3. The van der Waals surface area contributed by atoms with E-state index < -0.39 is 0 Å². The number of nitrogens with one attached hydrogen (secondary N) is 2. The molecule has 1 atom stereocenters. The lowest BCUT2D eigenvalue weighted by Crippen LogP contribution is -3.30. The van der Waals surface area contributed by atoms with Crippen LogP contribution in [0.25, 0.3) is 0 Å². The first-order chi connectivity index (χ1) is 16.1. The monoisotopic (exact) mass is 461 g/mol. The number of anilines is 1. The Morgan fingerprint density at radius 3 is 1.97 bits per heavy atom. The van der Waals surface area contributed by atoms with Crippen molar-refractivity contribution in [1.82, 2.24) is 0 Å². The predicted molar refractivity (Wildman–Crippen MR) is 128 cm³/mol. The lowest BCUT2D eigenvalue weighted by molar-refractivity contribution is -1.03. The predicted octanol–water partition coefficient (Wildman–Crippen LogP) is 1.54. The van der Waals surface area contributed by atoms with Crippen molar-refractivity contribution in [3.63, 3.8) is 0 Å². The van der Waals surface area contributed by atoms with Crippen molar-refractivity contribution in [2.45, 2.75) is 18.5 Å². The first-order valence-electron chi connectivity index (χ1n) is 11.5. The Morgan fingerprint density at radius 1 is 0.788 bits per heavy atom. The van der Waals surface area contributed by atoms with Gasteiger partial charge in [-0.15, -0.1) is 0 Å². The van der Waals surface area contributed by atoms with Crippen LogP contribution in [0.3, 0.4) is 0 Å². The fraction of sp³-hybridized carbons (Fsp3) is 0.259. The number of nitrogens with zero attached hydrogens (tertiary/aromatic N) is 1. The van der Waals surface area contributed by atoms with Crippen molar-refractivity contribution >= 4 is 29.1 Å². The van der Waals surface area contributed by atoms with Gasteiger partial charge >= 0.3 is 0 Å². The second kappa shape index (κ2) is 9.48. The van der Waals surface area contributed by atoms with Gasteiger partial charge in [0.05, 0.1) is 12.1 Å². The Morgan fingerprint density at radius 2 is 1.39 bits per heavy atom. The minimum absolute atomic E-state index is 0.108. The number of rotatable bonds is 5. The smallest absolute Gasteiger partial charge is 0.292 e. The van der Waals surface area contributed by atoms with E-state index in [1.165, 1.54) is 25.8 Å². The third-order valence-corrected chi connectivity index (χ3v) is 7.15. The topological polar surface area (TPSA) is 46.3 Å². The zero-order chi connectivity index (χ0) is 22.8. The highest BCUT2D eigenvalue weighted by atomic mass is 35.5. The summed E-state index contributed by atoms with van der Waals surface area (Å²) >= 11 is 6.09. The fourth-order valence-corrected chi connectivity index (χ4v) is 5.51. The number of piperazine rings is 1. The number of halogens is 1. The van der Waals surface area contributed by atoms with E-state index in [2.05, 4.69) is 60.7 Å². The maximum absolute atomic E-state index is 13.2. The van der Waals surface area contributed by atoms with Crippen LogP contribution in [-0.2, 0) is 9.59 Å². The average molecular weight is 462 g/mol. The minimum Gasteiger partial charge on any atom is -0.316 e. The molecule has 0 radical (unpaired) electrons. The Hall–Kier alpha value is -2.99. The molecule has 5 rings (SSSR count). The molecule has 0 spiro atoms. The van der Waals surface area contributed by atoms with E-state index in [0.29, 0.717) is 10.7 Å². The molecule has 6 heteroatoms. The van der Waals surface area contributed by atoms with E-state index in [-0.39, 0.29) is 30.3 Å². The Balaban J connectivity index is 1.31. The number of hydrogen-bond acceptors (Lipinski definition) is 2. The number of carbonyl (C=O) groups is 2. The van der Waals surface area contributed by atoms with Gasteiger partial charge in [-0.1, -0.05) is 78.3 Å². The van der Waals surface area contributed by atoms with Crippen LogP contribution < -0.4 is 14.7 Å². The molecule has 3 aromatic rings. The van der Waals surface area contributed by atoms with Crippen LogP contribution >= 0.6 is 11.6 Å². The number of benzene rings is 3. The van der Waals surface area contributed by atoms with Crippen LogP contribution in [0, 0.1) is 0 Å². The van der Waals surface area contributed by atoms with E-state index in [0.717, 1.165) is 26.2 Å². The van der Waals surface area contributed by atoms with Gasteiger partial charge in [0, 0.05) is 16.1 Å². The molecule has 3 aromatic carbocycles. The molecule has 2 N–H and O–H groups in total. The quantitative estimate of drug-likeness (QED) is 0.566. The average Bonchev–Trinajstić information content (AvgIpc) is 3.15. The number of carbonyl (C=O) groups excluding carboxylic acids is 2. The van der Waals surface area contributed by atoms with Crippen molar-refractivity contribution in [3.05, 3.63) is 101 Å². The molecule has 2 saturated heterocycles. The molecule has 33 heavy (non-hydrogen) atoms. The molecule has 5 nitrogen and oxygen atoms in total. The summed E-state index contributed by atoms with van der Waals surface area (Å²) in [6, 6.07) is 28.2. The summed E-state index contributed by atoms with van der Waals surface area (Å²) in [5.41, 5.74) is 3.18. The fourth-order valence-electron chi connectivity index (χ4n) is 5.32. The highest BCUT2D eigenvalue weighted by molar-refractivity contribution is 6.31. The van der Waals surface area contributed by atoms with Gasteiger partial charge in [0.15, 0.2) is 6.04 Å². The molecule has 0 unspecified atom stereocenters. The number of amides is 2. The maximum atomic E-state index is 13.2. The largest absolute Gasteiger partial charge is 0.316 e. The Labute approximate surface area is 199 Å². The first kappa shape index (κ1) is 21.8. The molecule has 168 valence electrons. The van der Waals surface area contributed by atoms with Gasteiger partial charge in [-0.3, -0.25) is 9.59 Å². The van der Waals surface area contributed by atoms with Crippen LogP contribution in [0.4, 0.5) is 5.69 Å². The van der Waals surface area contributed by atoms with Gasteiger partial charge in [-0.25, -0.2) is 4.90 Å². The van der Waals surface area contributed by atoms with Crippen molar-refractivity contribution in [1.29, 1.82) is 0 Å². The molecule has 2 heterocycles. The van der Waals surface area contributed by atoms with Gasteiger partial charge < -0.3 is 9.80 Å². The van der Waals surface area contributed by atoms with E-state index in [9.17, 15) is 9.59 Å².